The van der Waals surface area contributed by atoms with Crippen molar-refractivity contribution in [2.24, 2.45) is 0 Å². The molecule has 2 aromatic carbocycles. The average Bonchev–Trinajstić information content (AvgIpc) is 2.52. The second-order valence-electron chi connectivity index (χ2n) is 5.04. The van der Waals surface area contributed by atoms with Crippen molar-refractivity contribution in [3.8, 4) is 17.2 Å². The SMILES string of the molecule is COc1cc(C)cc(OC)c1CNc1ccc(C(=O)O)c(O)c1. The van der Waals surface area contributed by atoms with E-state index in [1.165, 1.54) is 12.1 Å². The van der Waals surface area contributed by atoms with Gasteiger partial charge in [0.2, 0.25) is 0 Å². The molecule has 6 nitrogen and oxygen atoms in total. The topological polar surface area (TPSA) is 88.0 Å². The van der Waals surface area contributed by atoms with Crippen LogP contribution in [0.2, 0.25) is 0 Å². The van der Waals surface area contributed by atoms with Crippen LogP contribution < -0.4 is 14.8 Å². The van der Waals surface area contributed by atoms with Gasteiger partial charge in [0.25, 0.3) is 0 Å². The maximum absolute atomic E-state index is 10.9. The zero-order valence-electron chi connectivity index (χ0n) is 13.2. The normalized spacial score (nSPS) is 10.2. The highest BCUT2D eigenvalue weighted by molar-refractivity contribution is 5.91. The van der Waals surface area contributed by atoms with Gasteiger partial charge in [0.05, 0.1) is 19.8 Å². The number of methoxy groups -OCH3 is 2. The van der Waals surface area contributed by atoms with Crippen molar-refractivity contribution in [3.63, 3.8) is 0 Å². The Kier molecular flexibility index (Phi) is 4.95. The van der Waals surface area contributed by atoms with E-state index in [1.807, 2.05) is 19.1 Å². The van der Waals surface area contributed by atoms with Crippen molar-refractivity contribution in [3.05, 3.63) is 47.0 Å². The summed E-state index contributed by atoms with van der Waals surface area (Å²) in [5, 5.41) is 21.8. The Balaban J connectivity index is 2.24. The van der Waals surface area contributed by atoms with E-state index in [0.29, 0.717) is 23.7 Å². The molecule has 0 amide bonds. The molecule has 0 saturated heterocycles. The third kappa shape index (κ3) is 3.66. The van der Waals surface area contributed by atoms with Gasteiger partial charge in [0.1, 0.15) is 22.8 Å². The van der Waals surface area contributed by atoms with Crippen molar-refractivity contribution in [1.82, 2.24) is 0 Å². The van der Waals surface area contributed by atoms with E-state index in [4.69, 9.17) is 14.6 Å². The van der Waals surface area contributed by atoms with Gasteiger partial charge in [-0.1, -0.05) is 0 Å². The number of aromatic carboxylic acids is 1. The molecule has 3 N–H and O–H groups in total. The molecule has 2 rings (SSSR count). The zero-order chi connectivity index (χ0) is 17.0. The summed E-state index contributed by atoms with van der Waals surface area (Å²) in [5.74, 6) is -0.0669. The third-order valence-corrected chi connectivity index (χ3v) is 3.45. The monoisotopic (exact) mass is 317 g/mol. The van der Waals surface area contributed by atoms with E-state index in [2.05, 4.69) is 5.32 Å². The van der Waals surface area contributed by atoms with Crippen molar-refractivity contribution in [2.75, 3.05) is 19.5 Å². The Labute approximate surface area is 134 Å². The lowest BCUT2D eigenvalue weighted by Crippen LogP contribution is -2.05. The molecule has 0 aromatic heterocycles. The summed E-state index contributed by atoms with van der Waals surface area (Å²) in [5.41, 5.74) is 2.31. The highest BCUT2D eigenvalue weighted by Crippen LogP contribution is 2.31. The molecule has 0 bridgehead atoms. The number of rotatable bonds is 6. The fraction of sp³-hybridized carbons (Fsp3) is 0.235. The smallest absolute Gasteiger partial charge is 0.339 e. The van der Waals surface area contributed by atoms with E-state index in [-0.39, 0.29) is 11.3 Å². The van der Waals surface area contributed by atoms with Crippen LogP contribution in [0.1, 0.15) is 21.5 Å². The lowest BCUT2D eigenvalue weighted by molar-refractivity contribution is 0.0694. The van der Waals surface area contributed by atoms with Crippen LogP contribution in [0.3, 0.4) is 0 Å². The first kappa shape index (κ1) is 16.5. The van der Waals surface area contributed by atoms with E-state index in [9.17, 15) is 9.90 Å². The highest BCUT2D eigenvalue weighted by atomic mass is 16.5. The molecule has 6 heteroatoms. The van der Waals surface area contributed by atoms with Gasteiger partial charge in [-0.2, -0.15) is 0 Å². The average molecular weight is 317 g/mol. The molecule has 0 aliphatic rings. The molecule has 0 aliphatic carbocycles. The highest BCUT2D eigenvalue weighted by Gasteiger charge is 2.13. The minimum atomic E-state index is -1.17. The number of hydrogen-bond donors (Lipinski definition) is 3. The number of aromatic hydroxyl groups is 1. The van der Waals surface area contributed by atoms with Gasteiger partial charge >= 0.3 is 5.97 Å². The number of aryl methyl sites for hydroxylation is 1. The number of carboxylic acids is 1. The third-order valence-electron chi connectivity index (χ3n) is 3.45. The Morgan fingerprint density at radius 1 is 1.13 bits per heavy atom. The summed E-state index contributed by atoms with van der Waals surface area (Å²) in [4.78, 5) is 10.9. The van der Waals surface area contributed by atoms with Crippen LogP contribution in [0.25, 0.3) is 0 Å². The number of phenols is 1. The summed E-state index contributed by atoms with van der Waals surface area (Å²) in [7, 11) is 3.18. The largest absolute Gasteiger partial charge is 0.507 e. The minimum Gasteiger partial charge on any atom is -0.507 e. The Morgan fingerprint density at radius 2 is 1.74 bits per heavy atom. The van der Waals surface area contributed by atoms with Gasteiger partial charge in [-0.3, -0.25) is 0 Å². The van der Waals surface area contributed by atoms with Crippen molar-refractivity contribution >= 4 is 11.7 Å². The standard InChI is InChI=1S/C17H19NO5/c1-10-6-15(22-2)13(16(7-10)23-3)9-18-11-4-5-12(17(20)21)14(19)8-11/h4-8,18-19H,9H2,1-3H3,(H,20,21). The molecule has 23 heavy (non-hydrogen) atoms. The van der Waals surface area contributed by atoms with Crippen LogP contribution in [0.15, 0.2) is 30.3 Å². The summed E-state index contributed by atoms with van der Waals surface area (Å²) in [6, 6.07) is 8.13. The molecule has 0 aliphatic heterocycles. The van der Waals surface area contributed by atoms with Gasteiger partial charge in [-0.25, -0.2) is 4.79 Å². The van der Waals surface area contributed by atoms with Crippen molar-refractivity contribution in [2.45, 2.75) is 13.5 Å². The molecule has 0 saturated carbocycles. The Morgan fingerprint density at radius 3 is 2.22 bits per heavy atom. The Hall–Kier alpha value is -2.89. The van der Waals surface area contributed by atoms with E-state index < -0.39 is 5.97 Å². The quantitative estimate of drug-likeness (QED) is 0.759. The fourth-order valence-electron chi connectivity index (χ4n) is 2.30. The summed E-state index contributed by atoms with van der Waals surface area (Å²) < 4.78 is 10.8. The molecule has 0 atom stereocenters. The van der Waals surface area contributed by atoms with Crippen LogP contribution in [-0.2, 0) is 6.54 Å². The maximum atomic E-state index is 10.9. The van der Waals surface area contributed by atoms with Gasteiger partial charge in [-0.05, 0) is 36.8 Å². The van der Waals surface area contributed by atoms with E-state index in [0.717, 1.165) is 11.1 Å². The molecule has 2 aromatic rings. The fourth-order valence-corrected chi connectivity index (χ4v) is 2.30. The van der Waals surface area contributed by atoms with Crippen LogP contribution in [-0.4, -0.2) is 30.4 Å². The number of hydrogen-bond acceptors (Lipinski definition) is 5. The molecule has 0 spiro atoms. The number of benzene rings is 2. The summed E-state index contributed by atoms with van der Waals surface area (Å²) >= 11 is 0. The van der Waals surface area contributed by atoms with E-state index >= 15 is 0 Å². The molecule has 0 heterocycles. The van der Waals surface area contributed by atoms with Crippen molar-refractivity contribution < 1.29 is 24.5 Å². The summed E-state index contributed by atoms with van der Waals surface area (Å²) in [6.45, 7) is 2.35. The predicted molar refractivity (Wildman–Crippen MR) is 86.7 cm³/mol. The number of carboxylic acid groups (broad SMARTS) is 1. The molecule has 0 fully saturated rings. The first-order valence-corrected chi connectivity index (χ1v) is 6.98. The van der Waals surface area contributed by atoms with Gasteiger partial charge in [0.15, 0.2) is 0 Å². The molecule has 0 unspecified atom stereocenters. The van der Waals surface area contributed by atoms with Gasteiger partial charge in [0, 0.05) is 18.3 Å². The molecule has 0 radical (unpaired) electrons. The van der Waals surface area contributed by atoms with Gasteiger partial charge in [-0.15, -0.1) is 0 Å². The zero-order valence-corrected chi connectivity index (χ0v) is 13.2. The molecular formula is C17H19NO5. The first-order chi connectivity index (χ1) is 11.0. The summed E-state index contributed by atoms with van der Waals surface area (Å²) in [6.07, 6.45) is 0. The van der Waals surface area contributed by atoms with Crippen LogP contribution in [0, 0.1) is 6.92 Å². The Bertz CT molecular complexity index is 702. The first-order valence-electron chi connectivity index (χ1n) is 6.98. The van der Waals surface area contributed by atoms with Crippen LogP contribution in [0.5, 0.6) is 17.2 Å². The number of nitrogens with one attached hydrogen (secondary N) is 1. The molecule has 122 valence electrons. The minimum absolute atomic E-state index is 0.138. The van der Waals surface area contributed by atoms with E-state index in [1.54, 1.807) is 20.3 Å². The number of carbonyl (C=O) groups is 1. The van der Waals surface area contributed by atoms with Gasteiger partial charge < -0.3 is 25.0 Å². The van der Waals surface area contributed by atoms with Crippen LogP contribution in [0.4, 0.5) is 5.69 Å². The second-order valence-corrected chi connectivity index (χ2v) is 5.04. The maximum Gasteiger partial charge on any atom is 0.339 e. The number of ether oxygens (including phenoxy) is 2. The van der Waals surface area contributed by atoms with Crippen LogP contribution >= 0.6 is 0 Å². The number of anilines is 1. The predicted octanol–water partition coefficient (Wildman–Crippen LogP) is 3.03. The lowest BCUT2D eigenvalue weighted by Gasteiger charge is -2.16. The molecular weight excluding hydrogens is 298 g/mol. The second kappa shape index (κ2) is 6.91. The van der Waals surface area contributed by atoms with Crippen molar-refractivity contribution in [1.29, 1.82) is 0 Å². The lowest BCUT2D eigenvalue weighted by atomic mass is 10.1.